The number of phenols is 1. The molecule has 2 aromatic heterocycles. The standard InChI is InChI=1S/C24H26N4O3S/c1-4-31-21(30)14-27-23(22(26-24(27)32)20-7-5-6-12-25-20)19-13-15(2)28(16(19)3)17-8-10-18(29)11-9-17/h5-13,22-23,29H,4,14H2,1-3H3,(H,26,32)/t22-,23+/m1/s1. The smallest absolute Gasteiger partial charge is 0.325 e. The number of ether oxygens (including phenoxy) is 1. The van der Waals surface area contributed by atoms with Crippen LogP contribution in [0, 0.1) is 13.8 Å². The van der Waals surface area contributed by atoms with E-state index in [1.807, 2.05) is 42.2 Å². The first-order valence-corrected chi connectivity index (χ1v) is 10.9. The van der Waals surface area contributed by atoms with Gasteiger partial charge in [0, 0.05) is 23.3 Å². The molecule has 0 bridgehead atoms. The zero-order valence-electron chi connectivity index (χ0n) is 18.3. The molecule has 2 atom stereocenters. The first-order valence-electron chi connectivity index (χ1n) is 10.5. The summed E-state index contributed by atoms with van der Waals surface area (Å²) >= 11 is 5.63. The molecular weight excluding hydrogens is 424 g/mol. The van der Waals surface area contributed by atoms with Gasteiger partial charge in [-0.15, -0.1) is 0 Å². The number of carbonyl (C=O) groups is 1. The molecular formula is C24H26N4O3S. The van der Waals surface area contributed by atoms with Crippen LogP contribution in [0.3, 0.4) is 0 Å². The van der Waals surface area contributed by atoms with Crippen molar-refractivity contribution in [2.45, 2.75) is 32.9 Å². The Balaban J connectivity index is 1.80. The Labute approximate surface area is 192 Å². The van der Waals surface area contributed by atoms with Crippen LogP contribution in [-0.2, 0) is 9.53 Å². The van der Waals surface area contributed by atoms with Gasteiger partial charge < -0.3 is 24.6 Å². The van der Waals surface area contributed by atoms with Crippen molar-refractivity contribution < 1.29 is 14.6 Å². The Hall–Kier alpha value is -3.39. The molecule has 1 fully saturated rings. The van der Waals surface area contributed by atoms with Crippen LogP contribution >= 0.6 is 12.2 Å². The first kappa shape index (κ1) is 21.8. The molecule has 3 aromatic rings. The van der Waals surface area contributed by atoms with Crippen LogP contribution < -0.4 is 5.32 Å². The van der Waals surface area contributed by atoms with Crippen LogP contribution in [0.5, 0.6) is 5.75 Å². The second kappa shape index (κ2) is 9.00. The second-order valence-electron chi connectivity index (χ2n) is 7.74. The third kappa shape index (κ3) is 4.05. The highest BCUT2D eigenvalue weighted by molar-refractivity contribution is 7.80. The highest BCUT2D eigenvalue weighted by atomic mass is 32.1. The molecule has 0 amide bonds. The summed E-state index contributed by atoms with van der Waals surface area (Å²) in [5, 5.41) is 13.5. The lowest BCUT2D eigenvalue weighted by atomic mass is 9.97. The number of nitrogens with one attached hydrogen (secondary N) is 1. The third-order valence-electron chi connectivity index (χ3n) is 5.70. The first-order chi connectivity index (χ1) is 15.4. The Morgan fingerprint density at radius 3 is 2.62 bits per heavy atom. The van der Waals surface area contributed by atoms with Gasteiger partial charge in [0.05, 0.1) is 24.4 Å². The average molecular weight is 451 g/mol. The summed E-state index contributed by atoms with van der Waals surface area (Å²) in [5.74, 6) is -0.103. The normalized spacial score (nSPS) is 18.0. The lowest BCUT2D eigenvalue weighted by Crippen LogP contribution is -2.35. The number of esters is 1. The number of rotatable bonds is 6. The van der Waals surface area contributed by atoms with E-state index >= 15 is 0 Å². The van der Waals surface area contributed by atoms with E-state index in [0.717, 1.165) is 28.3 Å². The van der Waals surface area contributed by atoms with Crippen LogP contribution in [0.25, 0.3) is 5.69 Å². The summed E-state index contributed by atoms with van der Waals surface area (Å²) in [4.78, 5) is 18.8. The molecule has 1 saturated heterocycles. The van der Waals surface area contributed by atoms with Gasteiger partial charge in [0.15, 0.2) is 5.11 Å². The number of phenolic OH excluding ortho intramolecular Hbond substituents is 1. The monoisotopic (exact) mass is 450 g/mol. The number of thiocarbonyl (C=S) groups is 1. The molecule has 0 saturated carbocycles. The fourth-order valence-corrected chi connectivity index (χ4v) is 4.65. The van der Waals surface area contributed by atoms with Crippen molar-refractivity contribution in [2.75, 3.05) is 13.2 Å². The zero-order valence-corrected chi connectivity index (χ0v) is 19.1. The number of aromatic hydroxyl groups is 1. The van der Waals surface area contributed by atoms with Crippen molar-refractivity contribution in [3.63, 3.8) is 0 Å². The number of aryl methyl sites for hydroxylation is 1. The summed E-state index contributed by atoms with van der Waals surface area (Å²) in [6.45, 7) is 6.25. The summed E-state index contributed by atoms with van der Waals surface area (Å²) in [7, 11) is 0. The van der Waals surface area contributed by atoms with Crippen LogP contribution in [0.2, 0.25) is 0 Å². The largest absolute Gasteiger partial charge is 0.508 e. The summed E-state index contributed by atoms with van der Waals surface area (Å²) < 4.78 is 7.34. The molecule has 0 aliphatic carbocycles. The molecule has 8 heteroatoms. The number of aromatic nitrogens is 2. The van der Waals surface area contributed by atoms with Crippen LogP contribution in [0.1, 0.15) is 41.7 Å². The summed E-state index contributed by atoms with van der Waals surface area (Å²) in [5.41, 5.74) is 4.91. The van der Waals surface area contributed by atoms with Gasteiger partial charge in [-0.2, -0.15) is 0 Å². The van der Waals surface area contributed by atoms with Crippen molar-refractivity contribution in [3.8, 4) is 11.4 Å². The average Bonchev–Trinajstić information content (AvgIpc) is 3.25. The molecule has 1 aliphatic heterocycles. The number of pyridine rings is 1. The molecule has 2 N–H and O–H groups in total. The maximum absolute atomic E-state index is 12.4. The maximum atomic E-state index is 12.4. The number of hydrogen-bond acceptors (Lipinski definition) is 5. The van der Waals surface area contributed by atoms with Crippen LogP contribution in [-0.4, -0.2) is 43.8 Å². The molecule has 1 aromatic carbocycles. The minimum atomic E-state index is -0.323. The van der Waals surface area contributed by atoms with Crippen molar-refractivity contribution in [1.29, 1.82) is 0 Å². The number of benzene rings is 1. The van der Waals surface area contributed by atoms with E-state index in [1.165, 1.54) is 0 Å². The molecule has 32 heavy (non-hydrogen) atoms. The van der Waals surface area contributed by atoms with E-state index < -0.39 is 0 Å². The van der Waals surface area contributed by atoms with Gasteiger partial charge in [0.25, 0.3) is 0 Å². The zero-order chi connectivity index (χ0) is 22.8. The van der Waals surface area contributed by atoms with E-state index in [2.05, 4.69) is 27.9 Å². The van der Waals surface area contributed by atoms with Crippen molar-refractivity contribution in [1.82, 2.24) is 19.8 Å². The molecule has 0 spiro atoms. The van der Waals surface area contributed by atoms with Crippen LogP contribution in [0.4, 0.5) is 0 Å². The van der Waals surface area contributed by atoms with Gasteiger partial charge in [-0.25, -0.2) is 0 Å². The predicted octanol–water partition coefficient (Wildman–Crippen LogP) is 3.73. The third-order valence-corrected chi connectivity index (χ3v) is 6.05. The van der Waals surface area contributed by atoms with E-state index in [-0.39, 0.29) is 30.3 Å². The lowest BCUT2D eigenvalue weighted by Gasteiger charge is -2.27. The molecule has 0 radical (unpaired) electrons. The molecule has 7 nitrogen and oxygen atoms in total. The Morgan fingerprint density at radius 1 is 1.22 bits per heavy atom. The molecule has 3 heterocycles. The maximum Gasteiger partial charge on any atom is 0.325 e. The van der Waals surface area contributed by atoms with Crippen molar-refractivity contribution in [3.05, 3.63) is 77.4 Å². The van der Waals surface area contributed by atoms with Gasteiger partial charge in [-0.3, -0.25) is 9.78 Å². The van der Waals surface area contributed by atoms with Crippen molar-refractivity contribution in [2.24, 2.45) is 0 Å². The fourth-order valence-electron chi connectivity index (χ4n) is 4.35. The highest BCUT2D eigenvalue weighted by Gasteiger charge is 2.42. The van der Waals surface area contributed by atoms with Crippen LogP contribution in [0.15, 0.2) is 54.7 Å². The van der Waals surface area contributed by atoms with Gasteiger partial charge in [-0.05, 0) is 81.0 Å². The Bertz CT molecular complexity index is 1130. The van der Waals surface area contributed by atoms with E-state index in [0.29, 0.717) is 11.7 Å². The molecule has 1 aliphatic rings. The number of hydrogen-bond donors (Lipinski definition) is 2. The molecule has 0 unspecified atom stereocenters. The summed E-state index contributed by atoms with van der Waals surface area (Å²) in [6.07, 6.45) is 1.75. The predicted molar refractivity (Wildman–Crippen MR) is 126 cm³/mol. The lowest BCUT2D eigenvalue weighted by molar-refractivity contribution is -0.143. The topological polar surface area (TPSA) is 79.6 Å². The molecule has 4 rings (SSSR count). The fraction of sp³-hybridized carbons (Fsp3) is 0.292. The quantitative estimate of drug-likeness (QED) is 0.438. The minimum absolute atomic E-state index is 0.0521. The van der Waals surface area contributed by atoms with E-state index in [9.17, 15) is 9.90 Å². The van der Waals surface area contributed by atoms with E-state index in [4.69, 9.17) is 17.0 Å². The summed E-state index contributed by atoms with van der Waals surface area (Å²) in [6, 6.07) is 14.5. The Kier molecular flexibility index (Phi) is 6.14. The van der Waals surface area contributed by atoms with Crippen molar-refractivity contribution >= 4 is 23.3 Å². The van der Waals surface area contributed by atoms with Gasteiger partial charge >= 0.3 is 5.97 Å². The van der Waals surface area contributed by atoms with Gasteiger partial charge in [0.2, 0.25) is 0 Å². The van der Waals surface area contributed by atoms with Gasteiger partial charge in [-0.1, -0.05) is 6.07 Å². The number of nitrogens with zero attached hydrogens (tertiary/aromatic N) is 3. The van der Waals surface area contributed by atoms with E-state index in [1.54, 1.807) is 25.3 Å². The Morgan fingerprint density at radius 2 is 1.97 bits per heavy atom. The number of carbonyl (C=O) groups excluding carboxylic acids is 1. The van der Waals surface area contributed by atoms with Gasteiger partial charge in [0.1, 0.15) is 12.3 Å². The molecule has 166 valence electrons. The minimum Gasteiger partial charge on any atom is -0.508 e. The second-order valence-corrected chi connectivity index (χ2v) is 8.12. The highest BCUT2D eigenvalue weighted by Crippen LogP contribution is 2.41. The SMILES string of the molecule is CCOC(=O)CN1C(=S)N[C@H](c2ccccn2)[C@@H]1c1cc(C)n(-c2ccc(O)cc2)c1C.